The molecule has 1 aliphatic heterocycles. The molecule has 2 aromatic carbocycles. The molecule has 24 heavy (non-hydrogen) atoms. The van der Waals surface area contributed by atoms with Crippen LogP contribution in [0.2, 0.25) is 0 Å². The highest BCUT2D eigenvalue weighted by Crippen LogP contribution is 2.16. The summed E-state index contributed by atoms with van der Waals surface area (Å²) in [5, 5.41) is 6.52. The van der Waals surface area contributed by atoms with Gasteiger partial charge < -0.3 is 10.6 Å². The Hall–Kier alpha value is -2.29. The van der Waals surface area contributed by atoms with E-state index in [1.54, 1.807) is 0 Å². The number of nitrogens with one attached hydrogen (secondary N) is 2. The fourth-order valence-corrected chi connectivity index (χ4v) is 2.84. The minimum atomic E-state index is 0.766. The van der Waals surface area contributed by atoms with Crippen LogP contribution in [0.3, 0.4) is 0 Å². The molecule has 0 unspecified atom stereocenters. The molecule has 126 valence electrons. The number of aryl methyl sites for hydroxylation is 1. The summed E-state index contributed by atoms with van der Waals surface area (Å²) in [6.07, 6.45) is 3.41. The van der Waals surface area contributed by atoms with Crippen LogP contribution in [0.1, 0.15) is 37.0 Å². The highest BCUT2D eigenvalue weighted by Gasteiger charge is 2.05. The van der Waals surface area contributed by atoms with E-state index in [1.807, 2.05) is 0 Å². The number of nitrogens with zero attached hydrogens (tertiary/aromatic N) is 1. The molecular formula is C21H27N3. The van der Waals surface area contributed by atoms with Crippen LogP contribution in [0, 0.1) is 5.92 Å². The van der Waals surface area contributed by atoms with Crippen LogP contribution < -0.4 is 10.6 Å². The van der Waals surface area contributed by atoms with Crippen LogP contribution in [0.4, 0.5) is 5.69 Å². The smallest absolute Gasteiger partial charge is 0.195 e. The summed E-state index contributed by atoms with van der Waals surface area (Å²) < 4.78 is 0. The van der Waals surface area contributed by atoms with Crippen molar-refractivity contribution in [1.82, 2.24) is 5.32 Å². The van der Waals surface area contributed by atoms with E-state index in [0.29, 0.717) is 0 Å². The van der Waals surface area contributed by atoms with Crippen LogP contribution >= 0.6 is 0 Å². The molecule has 0 aliphatic carbocycles. The zero-order valence-corrected chi connectivity index (χ0v) is 14.7. The Bertz CT molecular complexity index is 669. The minimum absolute atomic E-state index is 0.766. The van der Waals surface area contributed by atoms with Crippen molar-refractivity contribution in [2.24, 2.45) is 10.9 Å². The molecule has 2 aromatic rings. The van der Waals surface area contributed by atoms with E-state index in [1.165, 1.54) is 29.5 Å². The second-order valence-corrected chi connectivity index (χ2v) is 6.90. The van der Waals surface area contributed by atoms with E-state index >= 15 is 0 Å². The Balaban J connectivity index is 1.55. The van der Waals surface area contributed by atoms with Crippen molar-refractivity contribution in [3.8, 4) is 0 Å². The van der Waals surface area contributed by atoms with Gasteiger partial charge in [0.1, 0.15) is 0 Å². The third kappa shape index (κ3) is 4.85. The molecule has 2 N–H and O–H groups in total. The molecule has 3 nitrogen and oxygen atoms in total. The first-order chi connectivity index (χ1) is 11.7. The van der Waals surface area contributed by atoms with Gasteiger partial charge in [0, 0.05) is 12.2 Å². The Kier molecular flexibility index (Phi) is 5.52. The van der Waals surface area contributed by atoms with Gasteiger partial charge in [-0.15, -0.1) is 0 Å². The maximum Gasteiger partial charge on any atom is 0.195 e. The fourth-order valence-electron chi connectivity index (χ4n) is 2.84. The predicted molar refractivity (Wildman–Crippen MR) is 103 cm³/mol. The summed E-state index contributed by atoms with van der Waals surface area (Å²) in [6.45, 7) is 6.34. The van der Waals surface area contributed by atoms with E-state index in [9.17, 15) is 0 Å². The maximum absolute atomic E-state index is 4.35. The van der Waals surface area contributed by atoms with Gasteiger partial charge in [0.25, 0.3) is 0 Å². The summed E-state index contributed by atoms with van der Waals surface area (Å²) in [6, 6.07) is 17.7. The molecule has 0 atom stereocenters. The first-order valence-corrected chi connectivity index (χ1v) is 8.91. The second kappa shape index (κ2) is 8.00. The molecule has 0 spiro atoms. The van der Waals surface area contributed by atoms with Crippen LogP contribution in [0.5, 0.6) is 0 Å². The van der Waals surface area contributed by atoms with Crippen LogP contribution in [-0.2, 0) is 12.8 Å². The lowest BCUT2D eigenvalue weighted by molar-refractivity contribution is 0.586. The summed E-state index contributed by atoms with van der Waals surface area (Å²) in [5.74, 6) is 1.64. The number of aliphatic imine (C=N–C) groups is 1. The van der Waals surface area contributed by atoms with Gasteiger partial charge in [0.15, 0.2) is 5.96 Å². The van der Waals surface area contributed by atoms with Crippen molar-refractivity contribution in [3.05, 3.63) is 65.2 Å². The van der Waals surface area contributed by atoms with E-state index < -0.39 is 0 Å². The second-order valence-electron chi connectivity index (χ2n) is 6.90. The number of rotatable bonds is 6. The molecule has 0 aromatic heterocycles. The standard InChI is InChI=1S/C21H27N3/c1-16(2)3-4-17-5-7-18(8-6-17)15-19-9-11-20(12-10-19)24-21-22-13-14-23-21/h5-12,16H,3-4,13-15H2,1-2H3,(H2,22,23,24). The zero-order chi connectivity index (χ0) is 16.8. The first kappa shape index (κ1) is 16.6. The fraction of sp³-hybridized carbons (Fsp3) is 0.381. The quantitative estimate of drug-likeness (QED) is 0.835. The Labute approximate surface area is 145 Å². The topological polar surface area (TPSA) is 36.4 Å². The first-order valence-electron chi connectivity index (χ1n) is 8.91. The molecule has 0 saturated carbocycles. The van der Waals surface area contributed by atoms with Gasteiger partial charge in [-0.1, -0.05) is 50.2 Å². The van der Waals surface area contributed by atoms with Crippen LogP contribution in [-0.4, -0.2) is 19.0 Å². The van der Waals surface area contributed by atoms with E-state index in [-0.39, 0.29) is 0 Å². The van der Waals surface area contributed by atoms with Crippen molar-refractivity contribution >= 4 is 11.6 Å². The Morgan fingerprint density at radius 3 is 2.17 bits per heavy atom. The summed E-state index contributed by atoms with van der Waals surface area (Å²) in [5.41, 5.74) is 5.22. The molecule has 0 bridgehead atoms. The Morgan fingerprint density at radius 2 is 1.58 bits per heavy atom. The van der Waals surface area contributed by atoms with Crippen LogP contribution in [0.25, 0.3) is 0 Å². The van der Waals surface area contributed by atoms with Crippen molar-refractivity contribution in [1.29, 1.82) is 0 Å². The van der Waals surface area contributed by atoms with Gasteiger partial charge in [-0.05, 0) is 54.0 Å². The minimum Gasteiger partial charge on any atom is -0.354 e. The SMILES string of the molecule is CC(C)CCc1ccc(Cc2ccc(NC3=NCCN3)cc2)cc1. The highest BCUT2D eigenvalue weighted by atomic mass is 15.2. The van der Waals surface area contributed by atoms with Gasteiger partial charge in [-0.2, -0.15) is 0 Å². The summed E-state index contributed by atoms with van der Waals surface area (Å²) in [4.78, 5) is 4.35. The monoisotopic (exact) mass is 321 g/mol. The molecule has 1 aliphatic rings. The molecule has 3 rings (SSSR count). The number of benzene rings is 2. The van der Waals surface area contributed by atoms with E-state index in [0.717, 1.165) is 37.1 Å². The molecular weight excluding hydrogens is 294 g/mol. The maximum atomic E-state index is 4.35. The van der Waals surface area contributed by atoms with Gasteiger partial charge in [-0.25, -0.2) is 0 Å². The number of hydrogen-bond acceptors (Lipinski definition) is 3. The highest BCUT2D eigenvalue weighted by molar-refractivity contribution is 5.94. The lowest BCUT2D eigenvalue weighted by Gasteiger charge is -2.09. The number of anilines is 1. The largest absolute Gasteiger partial charge is 0.354 e. The normalized spacial score (nSPS) is 13.7. The van der Waals surface area contributed by atoms with E-state index in [2.05, 4.69) is 78.0 Å². The molecule has 0 radical (unpaired) electrons. The van der Waals surface area contributed by atoms with Crippen molar-refractivity contribution in [2.45, 2.75) is 33.1 Å². The van der Waals surface area contributed by atoms with Gasteiger partial charge in [0.2, 0.25) is 0 Å². The predicted octanol–water partition coefficient (Wildman–Crippen LogP) is 4.24. The van der Waals surface area contributed by atoms with Crippen molar-refractivity contribution in [3.63, 3.8) is 0 Å². The zero-order valence-electron chi connectivity index (χ0n) is 14.7. The van der Waals surface area contributed by atoms with Gasteiger partial charge in [0.05, 0.1) is 6.54 Å². The Morgan fingerprint density at radius 1 is 0.958 bits per heavy atom. The molecule has 3 heteroatoms. The molecule has 0 saturated heterocycles. The average Bonchev–Trinajstić information content (AvgIpc) is 3.09. The number of hydrogen-bond donors (Lipinski definition) is 2. The third-order valence-corrected chi connectivity index (χ3v) is 4.33. The number of guanidine groups is 1. The lowest BCUT2D eigenvalue weighted by Crippen LogP contribution is -2.26. The van der Waals surface area contributed by atoms with Crippen LogP contribution in [0.15, 0.2) is 53.5 Å². The van der Waals surface area contributed by atoms with Gasteiger partial charge >= 0.3 is 0 Å². The van der Waals surface area contributed by atoms with Crippen molar-refractivity contribution < 1.29 is 0 Å². The third-order valence-electron chi connectivity index (χ3n) is 4.33. The molecule has 1 heterocycles. The molecule has 0 amide bonds. The van der Waals surface area contributed by atoms with E-state index in [4.69, 9.17) is 0 Å². The average molecular weight is 321 g/mol. The van der Waals surface area contributed by atoms with Gasteiger partial charge in [-0.3, -0.25) is 4.99 Å². The van der Waals surface area contributed by atoms with Crippen molar-refractivity contribution in [2.75, 3.05) is 18.4 Å². The molecule has 0 fully saturated rings. The lowest BCUT2D eigenvalue weighted by atomic mass is 9.99. The summed E-state index contributed by atoms with van der Waals surface area (Å²) >= 11 is 0. The summed E-state index contributed by atoms with van der Waals surface area (Å²) in [7, 11) is 0.